The molecule has 0 atom stereocenters. The first-order valence-electron chi connectivity index (χ1n) is 5.55. The lowest BCUT2D eigenvalue weighted by atomic mass is 10.2. The molecule has 2 aromatic rings. The number of rotatable bonds is 5. The molecule has 0 radical (unpaired) electrons. The van der Waals surface area contributed by atoms with Crippen molar-refractivity contribution >= 4 is 10.0 Å². The molecule has 8 heteroatoms. The van der Waals surface area contributed by atoms with Crippen LogP contribution in [-0.2, 0) is 23.2 Å². The first-order chi connectivity index (χ1) is 9.42. The lowest BCUT2D eigenvalue weighted by Crippen LogP contribution is -2.22. The molecule has 20 heavy (non-hydrogen) atoms. The molecule has 0 unspecified atom stereocenters. The second-order valence-corrected chi connectivity index (χ2v) is 5.65. The van der Waals surface area contributed by atoms with Crippen LogP contribution in [0, 0.1) is 11.6 Å². The summed E-state index contributed by atoms with van der Waals surface area (Å²) in [7, 11) is -3.91. The third kappa shape index (κ3) is 3.21. The lowest BCUT2D eigenvalue weighted by Gasteiger charge is -2.05. The number of furan rings is 1. The predicted octanol–water partition coefficient (Wildman–Crippen LogP) is 1.53. The molecule has 0 aliphatic rings. The van der Waals surface area contributed by atoms with Gasteiger partial charge in [-0.1, -0.05) is 6.07 Å². The van der Waals surface area contributed by atoms with Crippen molar-refractivity contribution in [2.45, 2.75) is 18.2 Å². The molecule has 0 spiro atoms. The fourth-order valence-corrected chi connectivity index (χ4v) is 2.45. The van der Waals surface area contributed by atoms with Crippen LogP contribution in [0.1, 0.15) is 11.3 Å². The predicted molar refractivity (Wildman–Crippen MR) is 65.0 cm³/mol. The molecule has 0 saturated carbocycles. The zero-order chi connectivity index (χ0) is 14.8. The van der Waals surface area contributed by atoms with Crippen molar-refractivity contribution in [3.05, 3.63) is 53.3 Å². The summed E-state index contributed by atoms with van der Waals surface area (Å²) < 4.78 is 56.4. The molecule has 1 heterocycles. The summed E-state index contributed by atoms with van der Waals surface area (Å²) in [4.78, 5) is 0. The van der Waals surface area contributed by atoms with E-state index in [0.29, 0.717) is 0 Å². The Balaban J connectivity index is 2.10. The minimum absolute atomic E-state index is 0.109. The number of hydrogen-bond acceptors (Lipinski definition) is 4. The molecule has 0 aliphatic heterocycles. The van der Waals surface area contributed by atoms with E-state index < -0.39 is 28.3 Å². The molecule has 0 amide bonds. The van der Waals surface area contributed by atoms with Gasteiger partial charge in [0.1, 0.15) is 12.4 Å². The third-order valence-corrected chi connectivity index (χ3v) is 3.78. The second kappa shape index (κ2) is 5.70. The van der Waals surface area contributed by atoms with Gasteiger partial charge in [0.15, 0.2) is 11.6 Å². The molecular formula is C12H11F2NO4S. The van der Waals surface area contributed by atoms with E-state index in [1.54, 1.807) is 0 Å². The van der Waals surface area contributed by atoms with E-state index >= 15 is 0 Å². The van der Waals surface area contributed by atoms with Gasteiger partial charge in [-0.15, -0.1) is 0 Å². The van der Waals surface area contributed by atoms with Crippen LogP contribution in [0.15, 0.2) is 39.8 Å². The zero-order valence-electron chi connectivity index (χ0n) is 10.1. The number of benzene rings is 1. The molecule has 0 saturated heterocycles. The Labute approximate surface area is 113 Å². The fourth-order valence-electron chi connectivity index (χ4n) is 1.49. The van der Waals surface area contributed by atoms with E-state index in [4.69, 9.17) is 9.52 Å². The highest BCUT2D eigenvalue weighted by Gasteiger charge is 2.18. The van der Waals surface area contributed by atoms with E-state index in [-0.39, 0.29) is 23.0 Å². The van der Waals surface area contributed by atoms with Crippen LogP contribution in [0.5, 0.6) is 0 Å². The topological polar surface area (TPSA) is 79.5 Å². The maximum Gasteiger partial charge on any atom is 0.274 e. The molecule has 0 aliphatic carbocycles. The van der Waals surface area contributed by atoms with Crippen molar-refractivity contribution in [3.8, 4) is 0 Å². The van der Waals surface area contributed by atoms with Crippen molar-refractivity contribution in [2.75, 3.05) is 0 Å². The highest BCUT2D eigenvalue weighted by molar-refractivity contribution is 7.89. The maximum atomic E-state index is 13.0. The standard InChI is InChI=1S/C12H11F2NO4S/c13-10-3-1-8(5-11(10)14)6-15-20(17,18)12-4-2-9(7-16)19-12/h1-5,15-16H,6-7H2. The van der Waals surface area contributed by atoms with Crippen LogP contribution in [0.2, 0.25) is 0 Å². The molecule has 1 aromatic carbocycles. The Morgan fingerprint density at radius 1 is 1.15 bits per heavy atom. The van der Waals surface area contributed by atoms with Gasteiger partial charge < -0.3 is 9.52 Å². The van der Waals surface area contributed by atoms with Gasteiger partial charge in [-0.25, -0.2) is 21.9 Å². The Hall–Kier alpha value is -1.77. The van der Waals surface area contributed by atoms with E-state index in [1.807, 2.05) is 0 Å². The summed E-state index contributed by atoms with van der Waals surface area (Å²) in [5.74, 6) is -1.95. The molecule has 5 nitrogen and oxygen atoms in total. The Kier molecular flexibility index (Phi) is 4.17. The number of aliphatic hydroxyl groups excluding tert-OH is 1. The highest BCUT2D eigenvalue weighted by atomic mass is 32.2. The SMILES string of the molecule is O=S(=O)(NCc1ccc(F)c(F)c1)c1ccc(CO)o1. The van der Waals surface area contributed by atoms with Crippen molar-refractivity contribution in [2.24, 2.45) is 0 Å². The average molecular weight is 303 g/mol. The quantitative estimate of drug-likeness (QED) is 0.878. The molecular weight excluding hydrogens is 292 g/mol. The van der Waals surface area contributed by atoms with Gasteiger partial charge in [0.2, 0.25) is 5.09 Å². The molecule has 2 rings (SSSR count). The number of halogens is 2. The monoisotopic (exact) mass is 303 g/mol. The van der Waals surface area contributed by atoms with Crippen molar-refractivity contribution in [1.82, 2.24) is 4.72 Å². The Morgan fingerprint density at radius 2 is 1.90 bits per heavy atom. The van der Waals surface area contributed by atoms with E-state index in [0.717, 1.165) is 12.1 Å². The van der Waals surface area contributed by atoms with Gasteiger partial charge in [-0.05, 0) is 29.8 Å². The van der Waals surface area contributed by atoms with Crippen LogP contribution in [0.4, 0.5) is 8.78 Å². The van der Waals surface area contributed by atoms with Crippen LogP contribution in [0.25, 0.3) is 0 Å². The van der Waals surface area contributed by atoms with Gasteiger partial charge in [-0.3, -0.25) is 0 Å². The van der Waals surface area contributed by atoms with Gasteiger partial charge in [0.25, 0.3) is 10.0 Å². The summed E-state index contributed by atoms with van der Waals surface area (Å²) in [5.41, 5.74) is 0.265. The van der Waals surface area contributed by atoms with Crippen molar-refractivity contribution < 1.29 is 26.7 Å². The van der Waals surface area contributed by atoms with Gasteiger partial charge in [0, 0.05) is 6.54 Å². The number of nitrogens with one attached hydrogen (secondary N) is 1. The van der Waals surface area contributed by atoms with Gasteiger partial charge in [0.05, 0.1) is 0 Å². The van der Waals surface area contributed by atoms with E-state index in [1.165, 1.54) is 18.2 Å². The first-order valence-corrected chi connectivity index (χ1v) is 7.04. The average Bonchev–Trinajstić information content (AvgIpc) is 2.90. The maximum absolute atomic E-state index is 13.0. The molecule has 108 valence electrons. The Morgan fingerprint density at radius 3 is 2.50 bits per heavy atom. The zero-order valence-corrected chi connectivity index (χ0v) is 11.0. The molecule has 2 N–H and O–H groups in total. The largest absolute Gasteiger partial charge is 0.446 e. The van der Waals surface area contributed by atoms with Crippen LogP contribution in [0.3, 0.4) is 0 Å². The minimum atomic E-state index is -3.91. The summed E-state index contributed by atoms with van der Waals surface area (Å²) in [6.07, 6.45) is 0. The van der Waals surface area contributed by atoms with Gasteiger partial charge in [-0.2, -0.15) is 0 Å². The second-order valence-electron chi connectivity index (χ2n) is 3.95. The molecule has 0 fully saturated rings. The minimum Gasteiger partial charge on any atom is -0.446 e. The smallest absolute Gasteiger partial charge is 0.274 e. The highest BCUT2D eigenvalue weighted by Crippen LogP contribution is 2.15. The normalized spacial score (nSPS) is 11.8. The van der Waals surface area contributed by atoms with E-state index in [9.17, 15) is 17.2 Å². The van der Waals surface area contributed by atoms with Gasteiger partial charge >= 0.3 is 0 Å². The lowest BCUT2D eigenvalue weighted by molar-refractivity contribution is 0.236. The summed E-state index contributed by atoms with van der Waals surface area (Å²) in [6.45, 7) is -0.632. The summed E-state index contributed by atoms with van der Waals surface area (Å²) in [6, 6.07) is 5.60. The van der Waals surface area contributed by atoms with Crippen molar-refractivity contribution in [3.63, 3.8) is 0 Å². The van der Waals surface area contributed by atoms with Crippen molar-refractivity contribution in [1.29, 1.82) is 0 Å². The summed E-state index contributed by atoms with van der Waals surface area (Å²) in [5, 5.41) is 8.44. The van der Waals surface area contributed by atoms with Crippen LogP contribution < -0.4 is 4.72 Å². The number of hydrogen-bond donors (Lipinski definition) is 2. The molecule has 0 bridgehead atoms. The number of aliphatic hydroxyl groups is 1. The fraction of sp³-hybridized carbons (Fsp3) is 0.167. The first kappa shape index (κ1) is 14.6. The van der Waals surface area contributed by atoms with E-state index in [2.05, 4.69) is 4.72 Å². The number of sulfonamides is 1. The summed E-state index contributed by atoms with van der Waals surface area (Å²) >= 11 is 0. The van der Waals surface area contributed by atoms with Crippen LogP contribution in [-0.4, -0.2) is 13.5 Å². The van der Waals surface area contributed by atoms with Crippen LogP contribution >= 0.6 is 0 Å². The molecule has 1 aromatic heterocycles. The third-order valence-electron chi connectivity index (χ3n) is 2.51. The Bertz CT molecular complexity index is 712.